The number of hydrogen-bond donors (Lipinski definition) is 2. The highest BCUT2D eigenvalue weighted by Gasteiger charge is 2.18. The van der Waals surface area contributed by atoms with Crippen LogP contribution in [-0.4, -0.2) is 10.2 Å². The van der Waals surface area contributed by atoms with Crippen LogP contribution in [0, 0.1) is 0 Å². The Balaban J connectivity index is 2.49. The molecular weight excluding hydrogens is 240 g/mol. The molecule has 0 heterocycles. The minimum atomic E-state index is -0.244. The maximum absolute atomic E-state index is 6.06. The van der Waals surface area contributed by atoms with Gasteiger partial charge in [0, 0.05) is 21.8 Å². The molecule has 1 atom stereocenters. The first-order valence-corrected chi connectivity index (χ1v) is 5.66. The molecule has 0 amide bonds. The average molecular weight is 251 g/mol. The summed E-state index contributed by atoms with van der Waals surface area (Å²) in [5.74, 6) is 0. The van der Waals surface area contributed by atoms with E-state index in [1.807, 2.05) is 24.3 Å². The average Bonchev–Trinajstić information content (AvgIpc) is 2.23. The summed E-state index contributed by atoms with van der Waals surface area (Å²) in [5, 5.41) is -0.244. The zero-order valence-corrected chi connectivity index (χ0v) is 10.1. The molecule has 0 saturated carbocycles. The first kappa shape index (κ1) is 11.2. The van der Waals surface area contributed by atoms with E-state index in [1.165, 1.54) is 0 Å². The number of alkyl halides is 1. The Morgan fingerprint density at radius 3 is 2.69 bits per heavy atom. The van der Waals surface area contributed by atoms with Crippen molar-refractivity contribution in [3.8, 4) is 0 Å². The first-order chi connectivity index (χ1) is 7.59. The van der Waals surface area contributed by atoms with Gasteiger partial charge in [0.1, 0.15) is 0 Å². The van der Waals surface area contributed by atoms with Crippen molar-refractivity contribution in [2.45, 2.75) is 5.38 Å². The van der Waals surface area contributed by atoms with Crippen LogP contribution in [0.3, 0.4) is 0 Å². The number of thiocarbonyl (C=S) groups is 1. The van der Waals surface area contributed by atoms with Crippen LogP contribution in [0.2, 0.25) is 0 Å². The zero-order chi connectivity index (χ0) is 11.7. The monoisotopic (exact) mass is 250 g/mol. The predicted molar refractivity (Wildman–Crippen MR) is 74.6 cm³/mol. The van der Waals surface area contributed by atoms with Gasteiger partial charge in [-0.3, -0.25) is 0 Å². The van der Waals surface area contributed by atoms with E-state index >= 15 is 0 Å². The fraction of sp³-hybridized carbons (Fsp3) is 0.0833. The molecule has 0 spiro atoms. The van der Waals surface area contributed by atoms with Crippen LogP contribution in [0.25, 0.3) is 5.57 Å². The second-order valence-corrected chi connectivity index (χ2v) is 4.49. The summed E-state index contributed by atoms with van der Waals surface area (Å²) in [7, 11) is 0. The summed E-state index contributed by atoms with van der Waals surface area (Å²) < 4.78 is 0. The molecule has 1 aromatic carbocycles. The molecule has 0 fully saturated rings. The molecule has 0 radical (unpaired) electrons. The molecule has 16 heavy (non-hydrogen) atoms. The third-order valence-corrected chi connectivity index (χ3v) is 3.39. The third-order valence-electron chi connectivity index (χ3n) is 2.42. The molecule has 0 bridgehead atoms. The SMILES string of the molecule is Nc1ccc(C2=CC=CC(Cl)C2=S)c(N)c1. The molecule has 4 heteroatoms. The number of halogens is 1. The maximum Gasteiger partial charge on any atom is 0.0876 e. The number of allylic oxidation sites excluding steroid dienone is 4. The molecule has 0 aromatic heterocycles. The van der Waals surface area contributed by atoms with Gasteiger partial charge in [0.25, 0.3) is 0 Å². The Bertz CT molecular complexity index is 506. The van der Waals surface area contributed by atoms with Gasteiger partial charge in [0.05, 0.1) is 5.38 Å². The second-order valence-electron chi connectivity index (χ2n) is 3.58. The van der Waals surface area contributed by atoms with E-state index in [9.17, 15) is 0 Å². The molecule has 1 aliphatic rings. The fourth-order valence-electron chi connectivity index (χ4n) is 1.62. The lowest BCUT2D eigenvalue weighted by Gasteiger charge is -2.16. The molecule has 1 unspecified atom stereocenters. The number of anilines is 2. The van der Waals surface area contributed by atoms with Crippen LogP contribution in [-0.2, 0) is 0 Å². The Hall–Kier alpha value is -1.32. The van der Waals surface area contributed by atoms with Gasteiger partial charge in [-0.15, -0.1) is 11.6 Å². The quantitative estimate of drug-likeness (QED) is 0.458. The first-order valence-electron chi connectivity index (χ1n) is 4.82. The van der Waals surface area contributed by atoms with E-state index in [-0.39, 0.29) is 5.38 Å². The number of benzene rings is 1. The van der Waals surface area contributed by atoms with E-state index in [0.29, 0.717) is 16.2 Å². The summed E-state index contributed by atoms with van der Waals surface area (Å²) in [4.78, 5) is 0.695. The van der Waals surface area contributed by atoms with Crippen molar-refractivity contribution in [1.82, 2.24) is 0 Å². The van der Waals surface area contributed by atoms with Gasteiger partial charge in [-0.25, -0.2) is 0 Å². The highest BCUT2D eigenvalue weighted by molar-refractivity contribution is 7.81. The van der Waals surface area contributed by atoms with Crippen LogP contribution in [0.4, 0.5) is 11.4 Å². The van der Waals surface area contributed by atoms with Crippen LogP contribution in [0.1, 0.15) is 5.56 Å². The van der Waals surface area contributed by atoms with Crippen molar-refractivity contribution < 1.29 is 0 Å². The van der Waals surface area contributed by atoms with Gasteiger partial charge in [-0.2, -0.15) is 0 Å². The summed E-state index contributed by atoms with van der Waals surface area (Å²) >= 11 is 11.3. The van der Waals surface area contributed by atoms with E-state index in [0.717, 1.165) is 11.1 Å². The minimum Gasteiger partial charge on any atom is -0.399 e. The molecule has 2 nitrogen and oxygen atoms in total. The lowest BCUT2D eigenvalue weighted by Crippen LogP contribution is -2.15. The van der Waals surface area contributed by atoms with Crippen molar-refractivity contribution in [3.63, 3.8) is 0 Å². The van der Waals surface area contributed by atoms with Crippen molar-refractivity contribution in [3.05, 3.63) is 42.0 Å². The highest BCUT2D eigenvalue weighted by atomic mass is 35.5. The fourth-order valence-corrected chi connectivity index (χ4v) is 2.07. The number of nitrogens with two attached hydrogens (primary N) is 2. The van der Waals surface area contributed by atoms with Crippen molar-refractivity contribution in [2.75, 3.05) is 11.5 Å². The number of hydrogen-bond acceptors (Lipinski definition) is 3. The lowest BCUT2D eigenvalue weighted by molar-refractivity contribution is 1.49. The molecule has 82 valence electrons. The van der Waals surface area contributed by atoms with Crippen molar-refractivity contribution in [2.24, 2.45) is 0 Å². The number of rotatable bonds is 1. The second kappa shape index (κ2) is 4.28. The van der Waals surface area contributed by atoms with Gasteiger partial charge in [0.15, 0.2) is 0 Å². The van der Waals surface area contributed by atoms with Gasteiger partial charge in [0.2, 0.25) is 0 Å². The smallest absolute Gasteiger partial charge is 0.0876 e. The highest BCUT2D eigenvalue weighted by Crippen LogP contribution is 2.29. The Morgan fingerprint density at radius 2 is 2.00 bits per heavy atom. The Kier molecular flexibility index (Phi) is 2.99. The molecule has 2 rings (SSSR count). The maximum atomic E-state index is 6.06. The summed E-state index contributed by atoms with van der Waals surface area (Å²) in [6, 6.07) is 5.39. The topological polar surface area (TPSA) is 52.0 Å². The lowest BCUT2D eigenvalue weighted by atomic mass is 9.95. The van der Waals surface area contributed by atoms with Crippen molar-refractivity contribution >= 4 is 45.6 Å². The van der Waals surface area contributed by atoms with Gasteiger partial charge < -0.3 is 11.5 Å². The van der Waals surface area contributed by atoms with Gasteiger partial charge in [-0.05, 0) is 17.7 Å². The molecule has 1 aromatic rings. The van der Waals surface area contributed by atoms with Crippen LogP contribution in [0.15, 0.2) is 36.4 Å². The Labute approximate surface area is 105 Å². The van der Waals surface area contributed by atoms with E-state index < -0.39 is 0 Å². The Morgan fingerprint density at radius 1 is 1.25 bits per heavy atom. The molecule has 0 aliphatic heterocycles. The summed E-state index contributed by atoms with van der Waals surface area (Å²) in [6.45, 7) is 0. The van der Waals surface area contributed by atoms with Crippen LogP contribution < -0.4 is 11.5 Å². The van der Waals surface area contributed by atoms with Gasteiger partial charge in [-0.1, -0.05) is 36.5 Å². The molecular formula is C12H11ClN2S. The van der Waals surface area contributed by atoms with Gasteiger partial charge >= 0.3 is 0 Å². The van der Waals surface area contributed by atoms with E-state index in [2.05, 4.69) is 0 Å². The molecule has 4 N–H and O–H groups in total. The minimum absolute atomic E-state index is 0.244. The van der Waals surface area contributed by atoms with Crippen LogP contribution in [0.5, 0.6) is 0 Å². The third kappa shape index (κ3) is 1.96. The van der Waals surface area contributed by atoms with Crippen molar-refractivity contribution in [1.29, 1.82) is 0 Å². The van der Waals surface area contributed by atoms with E-state index in [4.69, 9.17) is 35.3 Å². The van der Waals surface area contributed by atoms with Crippen LogP contribution >= 0.6 is 23.8 Å². The predicted octanol–water partition coefficient (Wildman–Crippen LogP) is 2.78. The molecule has 1 aliphatic carbocycles. The molecule has 0 saturated heterocycles. The normalized spacial score (nSPS) is 19.7. The zero-order valence-electron chi connectivity index (χ0n) is 8.48. The standard InChI is InChI=1S/C12H11ClN2S/c13-10-3-1-2-9(12(10)16)8-5-4-7(14)6-11(8)15/h1-6,10H,14-15H2. The number of nitrogen functional groups attached to an aromatic ring is 2. The van der Waals surface area contributed by atoms with E-state index in [1.54, 1.807) is 12.1 Å². The largest absolute Gasteiger partial charge is 0.399 e. The summed E-state index contributed by atoms with van der Waals surface area (Å²) in [5.41, 5.74) is 14.6. The summed E-state index contributed by atoms with van der Waals surface area (Å²) in [6.07, 6.45) is 5.66.